The first-order valence-electron chi connectivity index (χ1n) is 11.3. The molecule has 13 heteroatoms. The van der Waals surface area contributed by atoms with Crippen LogP contribution < -0.4 is 10.5 Å². The van der Waals surface area contributed by atoms with E-state index in [0.29, 0.717) is 29.1 Å². The Morgan fingerprint density at radius 1 is 1.06 bits per heavy atom. The minimum atomic E-state index is -3.54. The van der Waals surface area contributed by atoms with Crippen molar-refractivity contribution in [3.05, 3.63) is 34.6 Å². The molecule has 0 saturated heterocycles. The van der Waals surface area contributed by atoms with Gasteiger partial charge in [0.15, 0.2) is 27.6 Å². The molecule has 3 aromatic rings. The summed E-state index contributed by atoms with van der Waals surface area (Å²) in [7, 11) is -1.96. The summed E-state index contributed by atoms with van der Waals surface area (Å²) in [5.74, 6) is -0.613. The maximum Gasteiger partial charge on any atom is 0.359 e. The molecular formula is C22H31BrN5O6P. The molecule has 1 atom stereocenters. The Bertz CT molecular complexity index is 1170. The normalized spacial score (nSPS) is 12.8. The lowest BCUT2D eigenvalue weighted by Crippen LogP contribution is -2.21. The number of anilines is 1. The van der Waals surface area contributed by atoms with Crippen molar-refractivity contribution in [2.45, 2.75) is 33.0 Å². The average molecular weight is 572 g/mol. The number of rotatable bonds is 14. The second-order valence-corrected chi connectivity index (χ2v) is 10.1. The van der Waals surface area contributed by atoms with Crippen LogP contribution in [0.1, 0.15) is 26.3 Å². The number of ether oxygens (including phenoxy) is 3. The molecule has 0 bridgehead atoms. The summed E-state index contributed by atoms with van der Waals surface area (Å²) in [5, 5.41) is 0. The zero-order chi connectivity index (χ0) is 25.4. The monoisotopic (exact) mass is 571 g/mol. The maximum atomic E-state index is 13.5. The number of aromatic nitrogens is 4. The van der Waals surface area contributed by atoms with Gasteiger partial charge in [-0.3, -0.25) is 9.13 Å². The molecule has 0 aliphatic carbocycles. The summed E-state index contributed by atoms with van der Waals surface area (Å²) in [4.78, 5) is 13.2. The molecule has 2 heterocycles. The molecule has 0 fully saturated rings. The first kappa shape index (κ1) is 27.5. The van der Waals surface area contributed by atoms with Crippen molar-refractivity contribution in [2.24, 2.45) is 0 Å². The summed E-state index contributed by atoms with van der Waals surface area (Å²) >= 11 is 3.52. The predicted octanol–water partition coefficient (Wildman–Crippen LogP) is 4.36. The van der Waals surface area contributed by atoms with E-state index in [4.69, 9.17) is 29.0 Å². The van der Waals surface area contributed by atoms with E-state index in [1.165, 1.54) is 0 Å². The largest absolute Gasteiger partial charge is 0.461 e. The first-order valence-corrected chi connectivity index (χ1v) is 13.7. The van der Waals surface area contributed by atoms with Crippen LogP contribution in [0.3, 0.4) is 0 Å². The molecule has 2 aromatic heterocycles. The highest BCUT2D eigenvalue weighted by atomic mass is 79.9. The van der Waals surface area contributed by atoms with Gasteiger partial charge < -0.3 is 29.0 Å². The molecule has 1 aromatic carbocycles. The van der Waals surface area contributed by atoms with E-state index in [9.17, 15) is 4.57 Å². The van der Waals surface area contributed by atoms with E-state index >= 15 is 0 Å². The number of imidazole rings is 1. The molecule has 192 valence electrons. The highest BCUT2D eigenvalue weighted by molar-refractivity contribution is 9.10. The number of methoxy groups -OCH3 is 1. The molecule has 3 rings (SSSR count). The Hall–Kier alpha value is -2.08. The van der Waals surface area contributed by atoms with Gasteiger partial charge in [0.1, 0.15) is 6.61 Å². The summed E-state index contributed by atoms with van der Waals surface area (Å²) in [6.07, 6.45) is 0.269. The fourth-order valence-corrected chi connectivity index (χ4v) is 5.95. The molecule has 0 spiro atoms. The van der Waals surface area contributed by atoms with Gasteiger partial charge in [-0.15, -0.1) is 0 Å². The third-order valence-corrected chi connectivity index (χ3v) is 7.75. The number of nitrogen functional groups attached to an aromatic ring is 1. The molecule has 2 N–H and O–H groups in total. The number of fused-ring (bicyclic) bond motifs is 1. The lowest BCUT2D eigenvalue weighted by molar-refractivity contribution is 0.0785. The number of nitrogens with zero attached hydrogens (tertiary/aromatic N) is 4. The van der Waals surface area contributed by atoms with Gasteiger partial charge in [-0.05, 0) is 48.3 Å². The summed E-state index contributed by atoms with van der Waals surface area (Å²) < 4.78 is 43.4. The fraction of sp³-hybridized carbons (Fsp3) is 0.500. The molecule has 35 heavy (non-hydrogen) atoms. The van der Waals surface area contributed by atoms with Gasteiger partial charge in [0.25, 0.3) is 0 Å². The Labute approximate surface area is 213 Å². The zero-order valence-corrected chi connectivity index (χ0v) is 22.8. The number of halogens is 1. The van der Waals surface area contributed by atoms with E-state index in [-0.39, 0.29) is 38.1 Å². The van der Waals surface area contributed by atoms with E-state index in [0.717, 1.165) is 11.3 Å². The smallest absolute Gasteiger partial charge is 0.359 e. The fourth-order valence-electron chi connectivity index (χ4n) is 3.53. The summed E-state index contributed by atoms with van der Waals surface area (Å²) in [5.41, 5.74) is 8.59. The molecule has 1 unspecified atom stereocenters. The topological polar surface area (TPSA) is 133 Å². The van der Waals surface area contributed by atoms with Crippen LogP contribution in [0.5, 0.6) is 6.01 Å². The van der Waals surface area contributed by atoms with Crippen molar-refractivity contribution in [3.8, 4) is 11.7 Å². The molecule has 0 amide bonds. The van der Waals surface area contributed by atoms with Crippen LogP contribution in [-0.2, 0) is 29.5 Å². The lowest BCUT2D eigenvalue weighted by atomic mass is 10.1. The van der Waals surface area contributed by atoms with Gasteiger partial charge in [-0.25, -0.2) is 4.98 Å². The van der Waals surface area contributed by atoms with Crippen LogP contribution in [0.4, 0.5) is 5.82 Å². The summed E-state index contributed by atoms with van der Waals surface area (Å²) in [6.45, 7) is 6.86. The van der Waals surface area contributed by atoms with Crippen molar-refractivity contribution < 1.29 is 27.8 Å². The van der Waals surface area contributed by atoms with Crippen LogP contribution in [0, 0.1) is 0 Å². The maximum absolute atomic E-state index is 13.5. The van der Waals surface area contributed by atoms with Crippen LogP contribution >= 0.6 is 23.5 Å². The first-order chi connectivity index (χ1) is 16.9. The second kappa shape index (κ2) is 12.8. The van der Waals surface area contributed by atoms with E-state index in [2.05, 4.69) is 30.9 Å². The molecule has 0 aliphatic rings. The highest BCUT2D eigenvalue weighted by Gasteiger charge is 2.37. The summed E-state index contributed by atoms with van der Waals surface area (Å²) in [6, 6.07) is 7.72. The van der Waals surface area contributed by atoms with Gasteiger partial charge in [-0.1, -0.05) is 18.2 Å². The second-order valence-electron chi connectivity index (χ2n) is 7.24. The Balaban J connectivity index is 2.08. The minimum Gasteiger partial charge on any atom is -0.461 e. The predicted molar refractivity (Wildman–Crippen MR) is 136 cm³/mol. The van der Waals surface area contributed by atoms with Crippen LogP contribution in [-0.4, -0.2) is 65.5 Å². The van der Waals surface area contributed by atoms with Gasteiger partial charge in [0.05, 0.1) is 25.5 Å². The molecule has 11 nitrogen and oxygen atoms in total. The third-order valence-electron chi connectivity index (χ3n) is 4.95. The number of nitrogens with two attached hydrogens (primary N) is 1. The quantitative estimate of drug-likeness (QED) is 0.169. The van der Waals surface area contributed by atoms with Gasteiger partial charge in [-0.2, -0.15) is 9.97 Å². The molecule has 0 radical (unpaired) electrons. The Kier molecular flexibility index (Phi) is 10.0. The van der Waals surface area contributed by atoms with Crippen LogP contribution in [0.15, 0.2) is 29.0 Å². The minimum absolute atomic E-state index is 0.113. The molecule has 0 saturated carbocycles. The number of hydrogen-bond donors (Lipinski definition) is 1. The van der Waals surface area contributed by atoms with Crippen molar-refractivity contribution in [1.29, 1.82) is 0 Å². The number of benzene rings is 1. The van der Waals surface area contributed by atoms with E-state index < -0.39 is 13.4 Å². The third kappa shape index (κ3) is 6.38. The zero-order valence-electron chi connectivity index (χ0n) is 20.3. The van der Waals surface area contributed by atoms with Crippen molar-refractivity contribution >= 4 is 40.5 Å². The SMILES string of the molecule is CCOC(Cc1ccccc1-n1c(Br)nc2c(N)nc(OCCOC)nc21)P(=O)(OCC)OCC. The lowest BCUT2D eigenvalue weighted by Gasteiger charge is -2.27. The van der Waals surface area contributed by atoms with E-state index in [1.807, 2.05) is 31.2 Å². The standard InChI is InChI=1S/C22H31BrN5O6P/c1-5-31-17(35(29,33-6-2)34-7-3)14-15-10-8-9-11-16(15)28-20-18(25-21(28)23)19(24)26-22(27-20)32-13-12-30-4/h8-11,17H,5-7,12-14H2,1-4H3,(H2,24,26,27). The Morgan fingerprint density at radius 3 is 2.43 bits per heavy atom. The van der Waals surface area contributed by atoms with Gasteiger partial charge in [0, 0.05) is 20.1 Å². The van der Waals surface area contributed by atoms with Gasteiger partial charge >= 0.3 is 13.6 Å². The van der Waals surface area contributed by atoms with Gasteiger partial charge in [0.2, 0.25) is 0 Å². The molecule has 0 aliphatic heterocycles. The van der Waals surface area contributed by atoms with E-state index in [1.54, 1.807) is 25.5 Å². The number of hydrogen-bond acceptors (Lipinski definition) is 10. The van der Waals surface area contributed by atoms with Crippen molar-refractivity contribution in [3.63, 3.8) is 0 Å². The number of para-hydroxylation sites is 1. The Morgan fingerprint density at radius 2 is 1.77 bits per heavy atom. The highest BCUT2D eigenvalue weighted by Crippen LogP contribution is 2.54. The van der Waals surface area contributed by atoms with Crippen LogP contribution in [0.2, 0.25) is 0 Å². The molecular weight excluding hydrogens is 541 g/mol. The van der Waals surface area contributed by atoms with Crippen LogP contribution in [0.25, 0.3) is 16.9 Å². The van der Waals surface area contributed by atoms with Crippen molar-refractivity contribution in [2.75, 3.05) is 45.9 Å². The van der Waals surface area contributed by atoms with Crippen molar-refractivity contribution in [1.82, 2.24) is 19.5 Å². The average Bonchev–Trinajstić information content (AvgIpc) is 3.16.